The van der Waals surface area contributed by atoms with Crippen molar-refractivity contribution in [2.45, 2.75) is 32.0 Å². The summed E-state index contributed by atoms with van der Waals surface area (Å²) in [7, 11) is 0. The van der Waals surface area contributed by atoms with Crippen molar-refractivity contribution in [3.05, 3.63) is 0 Å². The second-order valence-electron chi connectivity index (χ2n) is 4.14. The van der Waals surface area contributed by atoms with Crippen molar-refractivity contribution >= 4 is 11.9 Å². The Bertz CT molecular complexity index is 300. The van der Waals surface area contributed by atoms with Crippen molar-refractivity contribution < 1.29 is 24.5 Å². The number of carboxylic acids is 2. The summed E-state index contributed by atoms with van der Waals surface area (Å²) in [6.07, 6.45) is 0.451. The molecule has 14 heavy (non-hydrogen) atoms. The Hall–Kier alpha value is -1.10. The number of aliphatic carboxylic acids is 2. The summed E-state index contributed by atoms with van der Waals surface area (Å²) >= 11 is 0. The molecular weight excluding hydrogens is 188 g/mol. The summed E-state index contributed by atoms with van der Waals surface area (Å²) in [5.41, 5.74) is -1.26. The van der Waals surface area contributed by atoms with E-state index in [4.69, 9.17) is 14.9 Å². The van der Waals surface area contributed by atoms with Crippen molar-refractivity contribution in [2.75, 3.05) is 0 Å². The normalized spacial score (nSPS) is 45.4. The molecule has 0 aromatic carbocycles. The molecule has 3 unspecified atom stereocenters. The molecule has 0 amide bonds. The molecule has 0 aromatic heterocycles. The summed E-state index contributed by atoms with van der Waals surface area (Å²) in [6.45, 7) is 1.47. The highest BCUT2D eigenvalue weighted by atomic mass is 16.5. The minimum absolute atomic E-state index is 0.418. The Kier molecular flexibility index (Phi) is 1.82. The van der Waals surface area contributed by atoms with Crippen LogP contribution in [0.2, 0.25) is 0 Å². The fourth-order valence-electron chi connectivity index (χ4n) is 2.62. The van der Waals surface area contributed by atoms with Crippen molar-refractivity contribution in [1.82, 2.24) is 0 Å². The first-order chi connectivity index (χ1) is 6.48. The molecule has 0 spiro atoms. The van der Waals surface area contributed by atoms with Gasteiger partial charge in [-0.3, -0.25) is 9.59 Å². The molecule has 0 aromatic rings. The molecule has 2 fully saturated rings. The summed E-state index contributed by atoms with van der Waals surface area (Å²) in [5, 5.41) is 18.0. The number of carbonyl (C=O) groups is 2. The predicted octanol–water partition coefficient (Wildman–Crippen LogP) is 0.339. The van der Waals surface area contributed by atoms with Gasteiger partial charge in [0, 0.05) is 0 Å². The van der Waals surface area contributed by atoms with Crippen LogP contribution < -0.4 is 0 Å². The third kappa shape index (κ3) is 0.930. The Morgan fingerprint density at radius 3 is 2.43 bits per heavy atom. The van der Waals surface area contributed by atoms with E-state index in [-0.39, 0.29) is 0 Å². The molecule has 2 rings (SSSR count). The zero-order chi connectivity index (χ0) is 10.5. The first-order valence-corrected chi connectivity index (χ1v) is 4.59. The number of ether oxygens (including phenoxy) is 1. The van der Waals surface area contributed by atoms with Gasteiger partial charge in [-0.25, -0.2) is 0 Å². The maximum atomic E-state index is 11.1. The first-order valence-electron chi connectivity index (χ1n) is 4.59. The Morgan fingerprint density at radius 2 is 2.00 bits per heavy atom. The van der Waals surface area contributed by atoms with Gasteiger partial charge in [0.25, 0.3) is 0 Å². The standard InChI is InChI=1S/C9H12O5/c1-9(8(12)13)5-3-2-4(14-5)6(9)7(10)11/h4-6H,2-3H2,1H3,(H,10,11)(H,12,13)/t4?,5-,6?,9?/m0/s1. The van der Waals surface area contributed by atoms with Crippen LogP contribution in [0, 0.1) is 11.3 Å². The molecule has 4 atom stereocenters. The van der Waals surface area contributed by atoms with Gasteiger partial charge in [-0.1, -0.05) is 0 Å². The van der Waals surface area contributed by atoms with Crippen LogP contribution in [0.15, 0.2) is 0 Å². The maximum Gasteiger partial charge on any atom is 0.312 e. The first kappa shape index (κ1) is 9.45. The molecule has 2 aliphatic heterocycles. The Balaban J connectivity index is 2.39. The molecule has 0 radical (unpaired) electrons. The molecule has 5 heteroatoms. The van der Waals surface area contributed by atoms with Crippen LogP contribution in [0.5, 0.6) is 0 Å². The van der Waals surface area contributed by atoms with Crippen LogP contribution in [0.4, 0.5) is 0 Å². The lowest BCUT2D eigenvalue weighted by Crippen LogP contribution is -2.47. The number of rotatable bonds is 2. The lowest BCUT2D eigenvalue weighted by Gasteiger charge is -2.31. The van der Waals surface area contributed by atoms with E-state index in [0.717, 1.165) is 0 Å². The zero-order valence-electron chi connectivity index (χ0n) is 7.77. The van der Waals surface area contributed by atoms with E-state index in [1.165, 1.54) is 6.92 Å². The molecule has 2 aliphatic rings. The number of carboxylic acid groups (broad SMARTS) is 2. The minimum atomic E-state index is -1.26. The largest absolute Gasteiger partial charge is 0.481 e. The third-order valence-electron chi connectivity index (χ3n) is 3.47. The molecular formula is C9H12O5. The van der Waals surface area contributed by atoms with Crippen LogP contribution in [-0.2, 0) is 14.3 Å². The van der Waals surface area contributed by atoms with E-state index >= 15 is 0 Å². The quantitative estimate of drug-likeness (QED) is 0.671. The van der Waals surface area contributed by atoms with E-state index < -0.39 is 35.5 Å². The van der Waals surface area contributed by atoms with Gasteiger partial charge < -0.3 is 14.9 Å². The van der Waals surface area contributed by atoms with Gasteiger partial charge >= 0.3 is 11.9 Å². The van der Waals surface area contributed by atoms with Gasteiger partial charge in [0.05, 0.1) is 12.2 Å². The number of hydrogen-bond acceptors (Lipinski definition) is 3. The fraction of sp³-hybridized carbons (Fsp3) is 0.778. The highest BCUT2D eigenvalue weighted by molar-refractivity contribution is 5.85. The highest BCUT2D eigenvalue weighted by Crippen LogP contribution is 2.51. The monoisotopic (exact) mass is 200 g/mol. The van der Waals surface area contributed by atoms with Gasteiger partial charge in [-0.15, -0.1) is 0 Å². The second-order valence-corrected chi connectivity index (χ2v) is 4.14. The number of fused-ring (bicyclic) bond motifs is 2. The summed E-state index contributed by atoms with van der Waals surface area (Å²) in [4.78, 5) is 22.1. The van der Waals surface area contributed by atoms with Gasteiger partial charge in [-0.05, 0) is 19.8 Å². The van der Waals surface area contributed by atoms with Gasteiger partial charge in [0.2, 0.25) is 0 Å². The van der Waals surface area contributed by atoms with Crippen molar-refractivity contribution in [1.29, 1.82) is 0 Å². The average Bonchev–Trinajstić information content (AvgIpc) is 2.61. The summed E-state index contributed by atoms with van der Waals surface area (Å²) in [6, 6.07) is 0. The Labute approximate surface area is 80.7 Å². The maximum absolute atomic E-state index is 11.1. The molecule has 0 saturated carbocycles. The molecule has 2 saturated heterocycles. The highest BCUT2D eigenvalue weighted by Gasteiger charge is 2.64. The van der Waals surface area contributed by atoms with Gasteiger partial charge in [0.15, 0.2) is 0 Å². The van der Waals surface area contributed by atoms with Crippen molar-refractivity contribution in [2.24, 2.45) is 11.3 Å². The van der Waals surface area contributed by atoms with Crippen molar-refractivity contribution in [3.8, 4) is 0 Å². The van der Waals surface area contributed by atoms with E-state index in [1.807, 2.05) is 0 Å². The van der Waals surface area contributed by atoms with Crippen LogP contribution in [0.3, 0.4) is 0 Å². The SMILES string of the molecule is CC1(C(=O)O)C(C(=O)O)C2CC[C@@H]1O2. The van der Waals surface area contributed by atoms with E-state index in [9.17, 15) is 9.59 Å². The molecule has 78 valence electrons. The fourth-order valence-corrected chi connectivity index (χ4v) is 2.62. The second kappa shape index (κ2) is 2.70. The van der Waals surface area contributed by atoms with Crippen molar-refractivity contribution in [3.63, 3.8) is 0 Å². The predicted molar refractivity (Wildman–Crippen MR) is 44.8 cm³/mol. The van der Waals surface area contributed by atoms with Gasteiger partial charge in [0.1, 0.15) is 11.3 Å². The summed E-state index contributed by atoms with van der Waals surface area (Å²) in [5.74, 6) is -3.04. The van der Waals surface area contributed by atoms with E-state index in [0.29, 0.717) is 12.8 Å². The molecule has 2 bridgehead atoms. The molecule has 5 nitrogen and oxygen atoms in total. The minimum Gasteiger partial charge on any atom is -0.481 e. The van der Waals surface area contributed by atoms with E-state index in [1.54, 1.807) is 0 Å². The van der Waals surface area contributed by atoms with Crippen LogP contribution >= 0.6 is 0 Å². The number of hydrogen-bond donors (Lipinski definition) is 2. The molecule has 0 aliphatic carbocycles. The molecule has 2 heterocycles. The average molecular weight is 200 g/mol. The topological polar surface area (TPSA) is 83.8 Å². The third-order valence-corrected chi connectivity index (χ3v) is 3.47. The lowest BCUT2D eigenvalue weighted by molar-refractivity contribution is -0.162. The van der Waals surface area contributed by atoms with Crippen LogP contribution in [-0.4, -0.2) is 34.4 Å². The van der Waals surface area contributed by atoms with Crippen LogP contribution in [0.25, 0.3) is 0 Å². The lowest BCUT2D eigenvalue weighted by atomic mass is 9.67. The van der Waals surface area contributed by atoms with E-state index in [2.05, 4.69) is 0 Å². The van der Waals surface area contributed by atoms with Gasteiger partial charge in [-0.2, -0.15) is 0 Å². The Morgan fingerprint density at radius 1 is 1.36 bits per heavy atom. The van der Waals surface area contributed by atoms with Crippen LogP contribution in [0.1, 0.15) is 19.8 Å². The zero-order valence-corrected chi connectivity index (χ0v) is 7.77. The summed E-state index contributed by atoms with van der Waals surface area (Å²) < 4.78 is 5.36. The smallest absolute Gasteiger partial charge is 0.312 e. The molecule has 2 N–H and O–H groups in total.